The highest BCUT2D eigenvalue weighted by Crippen LogP contribution is 2.23. The zero-order chi connectivity index (χ0) is 19.3. The lowest BCUT2D eigenvalue weighted by Gasteiger charge is -2.27. The van der Waals surface area contributed by atoms with E-state index in [0.29, 0.717) is 37.5 Å². The van der Waals surface area contributed by atoms with Crippen LogP contribution in [-0.2, 0) is 6.42 Å². The van der Waals surface area contributed by atoms with Gasteiger partial charge < -0.3 is 19.9 Å². The molecule has 144 valence electrons. The second kappa shape index (κ2) is 8.43. The Balaban J connectivity index is 2.09. The Morgan fingerprint density at radius 1 is 1.12 bits per heavy atom. The molecule has 0 spiro atoms. The summed E-state index contributed by atoms with van der Waals surface area (Å²) in [5, 5.41) is 2.99. The lowest BCUT2D eigenvalue weighted by Crippen LogP contribution is -2.49. The van der Waals surface area contributed by atoms with Gasteiger partial charge in [0.05, 0.1) is 12.7 Å². The van der Waals surface area contributed by atoms with Crippen LogP contribution in [0.3, 0.4) is 0 Å². The first-order valence-electron chi connectivity index (χ1n) is 9.28. The standard InChI is InChI=1S/C20H31N3O3/c1-6-15-8-9-17(26-5)16(14-15)18(24)22-10-7-11-23(13-12-22)19(25)21-20(2,3)4/h8-9,14H,6-7,10-13H2,1-5H3,(H,21,25). The second-order valence-corrected chi connectivity index (χ2v) is 7.70. The number of nitrogens with one attached hydrogen (secondary N) is 1. The predicted octanol–water partition coefficient (Wildman–Crippen LogP) is 2.91. The fourth-order valence-corrected chi connectivity index (χ4v) is 3.04. The minimum absolute atomic E-state index is 0.0322. The van der Waals surface area contributed by atoms with E-state index >= 15 is 0 Å². The van der Waals surface area contributed by atoms with Crippen molar-refractivity contribution in [3.63, 3.8) is 0 Å². The van der Waals surface area contributed by atoms with Crippen molar-refractivity contribution in [1.82, 2.24) is 15.1 Å². The van der Waals surface area contributed by atoms with Crippen molar-refractivity contribution in [2.45, 2.75) is 46.1 Å². The number of carbonyl (C=O) groups is 2. The molecule has 1 aromatic rings. The number of rotatable bonds is 3. The summed E-state index contributed by atoms with van der Waals surface area (Å²) in [6.07, 6.45) is 1.63. The van der Waals surface area contributed by atoms with Crippen LogP contribution in [0.4, 0.5) is 4.79 Å². The van der Waals surface area contributed by atoms with Gasteiger partial charge in [-0.3, -0.25) is 4.79 Å². The Hall–Kier alpha value is -2.24. The van der Waals surface area contributed by atoms with Crippen molar-refractivity contribution < 1.29 is 14.3 Å². The average molecular weight is 361 g/mol. The van der Waals surface area contributed by atoms with E-state index in [1.165, 1.54) is 0 Å². The third-order valence-electron chi connectivity index (χ3n) is 4.45. The van der Waals surface area contributed by atoms with Gasteiger partial charge in [-0.05, 0) is 51.3 Å². The number of ether oxygens (including phenoxy) is 1. The van der Waals surface area contributed by atoms with Crippen LogP contribution in [0.1, 0.15) is 50.0 Å². The lowest BCUT2D eigenvalue weighted by molar-refractivity contribution is 0.0758. The highest BCUT2D eigenvalue weighted by molar-refractivity contribution is 5.97. The van der Waals surface area contributed by atoms with E-state index in [1.54, 1.807) is 12.0 Å². The first kappa shape index (κ1) is 20.1. The average Bonchev–Trinajstić information content (AvgIpc) is 2.85. The van der Waals surface area contributed by atoms with E-state index in [-0.39, 0.29) is 17.5 Å². The summed E-state index contributed by atoms with van der Waals surface area (Å²) in [5.41, 5.74) is 1.43. The van der Waals surface area contributed by atoms with Crippen LogP contribution in [-0.4, -0.2) is 60.6 Å². The fourth-order valence-electron chi connectivity index (χ4n) is 3.04. The quantitative estimate of drug-likeness (QED) is 0.900. The van der Waals surface area contributed by atoms with Crippen LogP contribution in [0.2, 0.25) is 0 Å². The zero-order valence-electron chi connectivity index (χ0n) is 16.6. The summed E-state index contributed by atoms with van der Waals surface area (Å²) in [6, 6.07) is 5.68. The van der Waals surface area contributed by atoms with Crippen LogP contribution in [0.15, 0.2) is 18.2 Å². The molecule has 26 heavy (non-hydrogen) atoms. The molecule has 1 heterocycles. The molecule has 3 amide bonds. The van der Waals surface area contributed by atoms with E-state index in [9.17, 15) is 9.59 Å². The topological polar surface area (TPSA) is 61.9 Å². The molecule has 0 atom stereocenters. The lowest BCUT2D eigenvalue weighted by atomic mass is 10.1. The summed E-state index contributed by atoms with van der Waals surface area (Å²) < 4.78 is 5.38. The Labute approximate surface area is 156 Å². The molecule has 0 bridgehead atoms. The van der Waals surface area contributed by atoms with Crippen LogP contribution in [0.25, 0.3) is 0 Å². The van der Waals surface area contributed by atoms with Gasteiger partial charge in [0, 0.05) is 31.7 Å². The number of benzene rings is 1. The molecule has 0 saturated carbocycles. The van der Waals surface area contributed by atoms with Crippen molar-refractivity contribution in [2.75, 3.05) is 33.3 Å². The molecule has 1 aromatic carbocycles. The SMILES string of the molecule is CCc1ccc(OC)c(C(=O)N2CCCN(C(=O)NC(C)(C)C)CC2)c1. The Kier molecular flexibility index (Phi) is 6.51. The van der Waals surface area contributed by atoms with Crippen molar-refractivity contribution in [1.29, 1.82) is 0 Å². The van der Waals surface area contributed by atoms with E-state index in [4.69, 9.17) is 4.74 Å². The van der Waals surface area contributed by atoms with Crippen LogP contribution in [0, 0.1) is 0 Å². The monoisotopic (exact) mass is 361 g/mol. The first-order valence-corrected chi connectivity index (χ1v) is 9.28. The van der Waals surface area contributed by atoms with Crippen LogP contribution in [0.5, 0.6) is 5.75 Å². The number of methoxy groups -OCH3 is 1. The summed E-state index contributed by atoms with van der Waals surface area (Å²) >= 11 is 0. The number of hydrogen-bond donors (Lipinski definition) is 1. The molecule has 1 N–H and O–H groups in total. The zero-order valence-corrected chi connectivity index (χ0v) is 16.6. The number of aryl methyl sites for hydroxylation is 1. The van der Waals surface area contributed by atoms with Crippen molar-refractivity contribution in [2.24, 2.45) is 0 Å². The maximum absolute atomic E-state index is 13.0. The van der Waals surface area contributed by atoms with E-state index < -0.39 is 0 Å². The van der Waals surface area contributed by atoms with Gasteiger partial charge in [0.2, 0.25) is 0 Å². The van der Waals surface area contributed by atoms with Gasteiger partial charge in [0.1, 0.15) is 5.75 Å². The molecule has 6 nitrogen and oxygen atoms in total. The third-order valence-corrected chi connectivity index (χ3v) is 4.45. The smallest absolute Gasteiger partial charge is 0.317 e. The normalized spacial score (nSPS) is 15.4. The Morgan fingerprint density at radius 3 is 2.38 bits per heavy atom. The summed E-state index contributed by atoms with van der Waals surface area (Å²) in [7, 11) is 1.58. The number of amides is 3. The van der Waals surface area contributed by atoms with Gasteiger partial charge in [-0.2, -0.15) is 0 Å². The van der Waals surface area contributed by atoms with Crippen molar-refractivity contribution in [3.8, 4) is 5.75 Å². The van der Waals surface area contributed by atoms with Gasteiger partial charge in [-0.15, -0.1) is 0 Å². The molecule has 1 saturated heterocycles. The molecular weight excluding hydrogens is 330 g/mol. The Bertz CT molecular complexity index is 652. The molecular formula is C20H31N3O3. The van der Waals surface area contributed by atoms with Gasteiger partial charge in [-0.25, -0.2) is 4.79 Å². The Morgan fingerprint density at radius 2 is 1.77 bits per heavy atom. The molecule has 0 unspecified atom stereocenters. The summed E-state index contributed by atoms with van der Waals surface area (Å²) in [5.74, 6) is 0.564. The largest absolute Gasteiger partial charge is 0.496 e. The number of urea groups is 1. The molecule has 1 fully saturated rings. The molecule has 1 aliphatic rings. The number of nitrogens with zero attached hydrogens (tertiary/aromatic N) is 2. The highest BCUT2D eigenvalue weighted by atomic mass is 16.5. The first-order chi connectivity index (χ1) is 12.2. The molecule has 6 heteroatoms. The number of hydrogen-bond acceptors (Lipinski definition) is 3. The molecule has 0 aliphatic carbocycles. The third kappa shape index (κ3) is 5.13. The van der Waals surface area contributed by atoms with Crippen LogP contribution < -0.4 is 10.1 Å². The highest BCUT2D eigenvalue weighted by Gasteiger charge is 2.26. The van der Waals surface area contributed by atoms with E-state index in [0.717, 1.165) is 18.4 Å². The molecule has 1 aliphatic heterocycles. The maximum atomic E-state index is 13.0. The molecule has 2 rings (SSSR count). The van der Waals surface area contributed by atoms with Crippen molar-refractivity contribution >= 4 is 11.9 Å². The summed E-state index contributed by atoms with van der Waals surface area (Å²) in [4.78, 5) is 29.0. The second-order valence-electron chi connectivity index (χ2n) is 7.70. The van der Waals surface area contributed by atoms with Gasteiger partial charge in [0.15, 0.2) is 0 Å². The van der Waals surface area contributed by atoms with Crippen LogP contribution >= 0.6 is 0 Å². The van der Waals surface area contributed by atoms with Crippen molar-refractivity contribution in [3.05, 3.63) is 29.3 Å². The minimum atomic E-state index is -0.271. The molecule has 0 aromatic heterocycles. The predicted molar refractivity (Wildman–Crippen MR) is 103 cm³/mol. The van der Waals surface area contributed by atoms with Gasteiger partial charge >= 0.3 is 6.03 Å². The van der Waals surface area contributed by atoms with Gasteiger partial charge in [0.25, 0.3) is 5.91 Å². The maximum Gasteiger partial charge on any atom is 0.317 e. The van der Waals surface area contributed by atoms with E-state index in [1.807, 2.05) is 43.9 Å². The fraction of sp³-hybridized carbons (Fsp3) is 0.600. The molecule has 0 radical (unpaired) electrons. The number of carbonyl (C=O) groups excluding carboxylic acids is 2. The summed E-state index contributed by atoms with van der Waals surface area (Å²) in [6.45, 7) is 10.3. The van der Waals surface area contributed by atoms with E-state index in [2.05, 4.69) is 12.2 Å². The minimum Gasteiger partial charge on any atom is -0.496 e. The van der Waals surface area contributed by atoms with Gasteiger partial charge in [-0.1, -0.05) is 13.0 Å².